The maximum atomic E-state index is 12.4. The third kappa shape index (κ3) is 1.97. The quantitative estimate of drug-likeness (QED) is 0.755. The molecule has 1 N–H and O–H groups in total. The molecule has 0 radical (unpaired) electrons. The van der Waals surface area contributed by atoms with E-state index >= 15 is 0 Å². The summed E-state index contributed by atoms with van der Waals surface area (Å²) in [5.74, 6) is 0.839. The van der Waals surface area contributed by atoms with Crippen LogP contribution in [0.2, 0.25) is 0 Å². The van der Waals surface area contributed by atoms with Crippen LogP contribution in [0.15, 0.2) is 0 Å². The molecule has 2 nitrogen and oxygen atoms in total. The molecular weight excluding hydrogens is 222 g/mol. The van der Waals surface area contributed by atoms with Crippen molar-refractivity contribution in [3.8, 4) is 0 Å². The number of alkyl halides is 1. The van der Waals surface area contributed by atoms with E-state index in [9.17, 15) is 4.79 Å². The molecule has 0 unspecified atom stereocenters. The molecule has 2 fully saturated rings. The average Bonchev–Trinajstić information content (AvgIpc) is 2.73. The lowest BCUT2D eigenvalue weighted by molar-refractivity contribution is -0.133. The smallest absolute Gasteiger partial charge is 0.226 e. The Balaban J connectivity index is 2.01. The fourth-order valence-corrected chi connectivity index (χ4v) is 3.40. The highest BCUT2D eigenvalue weighted by molar-refractivity contribution is 6.19. The van der Waals surface area contributed by atoms with Gasteiger partial charge in [0.2, 0.25) is 5.91 Å². The summed E-state index contributed by atoms with van der Waals surface area (Å²) >= 11 is 5.98. The third-order valence-electron chi connectivity index (χ3n) is 4.66. The van der Waals surface area contributed by atoms with E-state index in [1.54, 1.807) is 0 Å². The van der Waals surface area contributed by atoms with Crippen LogP contribution < -0.4 is 5.32 Å². The minimum atomic E-state index is -0.0748. The molecule has 92 valence electrons. The van der Waals surface area contributed by atoms with Crippen LogP contribution in [0, 0.1) is 5.41 Å². The molecule has 2 aliphatic rings. The SMILES string of the molecule is CCC1(C(=O)NC2(CCl)CCC2)CCCC1. The number of amides is 1. The Morgan fingerprint density at radius 2 is 1.81 bits per heavy atom. The fourth-order valence-electron chi connectivity index (χ4n) is 3.06. The van der Waals surface area contributed by atoms with Gasteiger partial charge in [0.1, 0.15) is 0 Å². The van der Waals surface area contributed by atoms with Crippen molar-refractivity contribution in [2.24, 2.45) is 5.41 Å². The molecule has 0 aliphatic heterocycles. The van der Waals surface area contributed by atoms with Crippen molar-refractivity contribution >= 4 is 17.5 Å². The highest BCUT2D eigenvalue weighted by Crippen LogP contribution is 2.43. The van der Waals surface area contributed by atoms with E-state index in [1.165, 1.54) is 19.3 Å². The number of hydrogen-bond donors (Lipinski definition) is 1. The summed E-state index contributed by atoms with van der Waals surface area (Å²) in [6, 6.07) is 0. The predicted molar refractivity (Wildman–Crippen MR) is 66.6 cm³/mol. The van der Waals surface area contributed by atoms with Crippen molar-refractivity contribution in [1.29, 1.82) is 0 Å². The van der Waals surface area contributed by atoms with Gasteiger partial charge in [-0.15, -0.1) is 11.6 Å². The predicted octanol–water partition coefficient (Wildman–Crippen LogP) is 3.23. The van der Waals surface area contributed by atoms with Gasteiger partial charge in [0.15, 0.2) is 0 Å². The summed E-state index contributed by atoms with van der Waals surface area (Å²) in [7, 11) is 0. The molecular formula is C13H22ClNO. The molecule has 2 rings (SSSR count). The first-order valence-electron chi connectivity index (χ1n) is 6.55. The highest BCUT2D eigenvalue weighted by Gasteiger charge is 2.45. The standard InChI is InChI=1S/C13H22ClNO/c1-2-12(6-3-4-7-12)11(16)15-13(10-14)8-5-9-13/h2-10H2,1H3,(H,15,16). The minimum Gasteiger partial charge on any atom is -0.349 e. The second-order valence-corrected chi connectivity index (χ2v) is 5.83. The Morgan fingerprint density at radius 3 is 2.19 bits per heavy atom. The van der Waals surface area contributed by atoms with Gasteiger partial charge in [-0.3, -0.25) is 4.79 Å². The first-order valence-corrected chi connectivity index (χ1v) is 7.08. The molecule has 0 atom stereocenters. The van der Waals surface area contributed by atoms with Crippen LogP contribution in [0.3, 0.4) is 0 Å². The molecule has 0 heterocycles. The number of nitrogens with one attached hydrogen (secondary N) is 1. The highest BCUT2D eigenvalue weighted by atomic mass is 35.5. The van der Waals surface area contributed by atoms with Crippen molar-refractivity contribution in [3.63, 3.8) is 0 Å². The molecule has 0 aromatic rings. The molecule has 0 spiro atoms. The monoisotopic (exact) mass is 243 g/mol. The van der Waals surface area contributed by atoms with Gasteiger partial charge in [0.25, 0.3) is 0 Å². The number of hydrogen-bond acceptors (Lipinski definition) is 1. The average molecular weight is 244 g/mol. The number of carbonyl (C=O) groups is 1. The molecule has 0 bridgehead atoms. The molecule has 2 aliphatic carbocycles. The first kappa shape index (κ1) is 12.2. The van der Waals surface area contributed by atoms with Crippen LogP contribution in [0.25, 0.3) is 0 Å². The zero-order valence-electron chi connectivity index (χ0n) is 10.2. The van der Waals surface area contributed by atoms with Crippen molar-refractivity contribution in [1.82, 2.24) is 5.32 Å². The molecule has 3 heteroatoms. The Bertz CT molecular complexity index is 262. The molecule has 1 amide bonds. The van der Waals surface area contributed by atoms with Gasteiger partial charge in [0.05, 0.1) is 5.54 Å². The molecule has 0 aromatic heterocycles. The van der Waals surface area contributed by atoms with Gasteiger partial charge in [-0.25, -0.2) is 0 Å². The Kier molecular flexibility index (Phi) is 3.48. The molecule has 0 aromatic carbocycles. The lowest BCUT2D eigenvalue weighted by atomic mass is 9.75. The molecule has 16 heavy (non-hydrogen) atoms. The van der Waals surface area contributed by atoms with Crippen molar-refractivity contribution < 1.29 is 4.79 Å². The van der Waals surface area contributed by atoms with E-state index in [1.807, 2.05) is 0 Å². The normalized spacial score (nSPS) is 26.1. The Hall–Kier alpha value is -0.240. The summed E-state index contributed by atoms with van der Waals surface area (Å²) < 4.78 is 0. The maximum absolute atomic E-state index is 12.4. The summed E-state index contributed by atoms with van der Waals surface area (Å²) in [6.07, 6.45) is 8.82. The van der Waals surface area contributed by atoms with E-state index in [-0.39, 0.29) is 16.9 Å². The zero-order chi connectivity index (χ0) is 11.6. The largest absolute Gasteiger partial charge is 0.349 e. The second-order valence-electron chi connectivity index (χ2n) is 5.56. The number of carbonyl (C=O) groups excluding carboxylic acids is 1. The lowest BCUT2D eigenvalue weighted by Crippen LogP contribution is -2.58. The summed E-state index contributed by atoms with van der Waals surface area (Å²) in [5.41, 5.74) is -0.141. The Labute approximate surface area is 103 Å². The second kappa shape index (κ2) is 4.56. The summed E-state index contributed by atoms with van der Waals surface area (Å²) in [4.78, 5) is 12.4. The van der Waals surface area contributed by atoms with Gasteiger partial charge in [-0.2, -0.15) is 0 Å². The van der Waals surface area contributed by atoms with E-state index in [4.69, 9.17) is 11.6 Å². The molecule has 0 saturated heterocycles. The van der Waals surface area contributed by atoms with Gasteiger partial charge in [-0.1, -0.05) is 19.8 Å². The summed E-state index contributed by atoms with van der Waals surface area (Å²) in [5, 5.41) is 3.24. The van der Waals surface area contributed by atoms with Crippen molar-refractivity contribution in [2.45, 2.75) is 63.8 Å². The van der Waals surface area contributed by atoms with E-state index in [0.717, 1.165) is 32.1 Å². The van der Waals surface area contributed by atoms with E-state index in [2.05, 4.69) is 12.2 Å². The number of halogens is 1. The Morgan fingerprint density at radius 1 is 1.19 bits per heavy atom. The van der Waals surface area contributed by atoms with Crippen LogP contribution >= 0.6 is 11.6 Å². The third-order valence-corrected chi connectivity index (χ3v) is 5.18. The van der Waals surface area contributed by atoms with Crippen molar-refractivity contribution in [3.05, 3.63) is 0 Å². The lowest BCUT2D eigenvalue weighted by Gasteiger charge is -2.43. The zero-order valence-corrected chi connectivity index (χ0v) is 10.9. The van der Waals surface area contributed by atoms with Crippen LogP contribution in [-0.2, 0) is 4.79 Å². The molecule has 2 saturated carbocycles. The summed E-state index contributed by atoms with van der Waals surface area (Å²) in [6.45, 7) is 2.14. The van der Waals surface area contributed by atoms with E-state index < -0.39 is 0 Å². The van der Waals surface area contributed by atoms with Gasteiger partial charge in [0, 0.05) is 11.3 Å². The first-order chi connectivity index (χ1) is 7.66. The van der Waals surface area contributed by atoms with E-state index in [0.29, 0.717) is 5.88 Å². The fraction of sp³-hybridized carbons (Fsp3) is 0.923. The minimum absolute atomic E-state index is 0.0661. The maximum Gasteiger partial charge on any atom is 0.226 e. The van der Waals surface area contributed by atoms with Gasteiger partial charge >= 0.3 is 0 Å². The van der Waals surface area contributed by atoms with Crippen LogP contribution in [0.4, 0.5) is 0 Å². The van der Waals surface area contributed by atoms with Gasteiger partial charge in [-0.05, 0) is 38.5 Å². The van der Waals surface area contributed by atoms with Crippen LogP contribution in [0.5, 0.6) is 0 Å². The van der Waals surface area contributed by atoms with Crippen LogP contribution in [-0.4, -0.2) is 17.3 Å². The van der Waals surface area contributed by atoms with Crippen molar-refractivity contribution in [2.75, 3.05) is 5.88 Å². The van der Waals surface area contributed by atoms with Gasteiger partial charge < -0.3 is 5.32 Å². The van der Waals surface area contributed by atoms with Crippen LogP contribution in [0.1, 0.15) is 58.3 Å². The topological polar surface area (TPSA) is 29.1 Å². The number of rotatable bonds is 4.